The minimum Gasteiger partial charge on any atom is -0.491 e. The zero-order chi connectivity index (χ0) is 20.4. The average Bonchev–Trinajstić information content (AvgIpc) is 2.67. The van der Waals surface area contributed by atoms with Crippen LogP contribution in [0.5, 0.6) is 5.75 Å². The van der Waals surface area contributed by atoms with E-state index in [4.69, 9.17) is 4.74 Å². The zero-order valence-electron chi connectivity index (χ0n) is 17.5. The lowest BCUT2D eigenvalue weighted by atomic mass is 10.1. The van der Waals surface area contributed by atoms with Crippen molar-refractivity contribution in [1.29, 1.82) is 0 Å². The van der Waals surface area contributed by atoms with Crippen molar-refractivity contribution < 1.29 is 9.53 Å². The first-order valence-corrected chi connectivity index (χ1v) is 9.42. The molecule has 3 N–H and O–H groups in total. The van der Waals surface area contributed by atoms with Gasteiger partial charge in [-0.3, -0.25) is 9.79 Å². The van der Waals surface area contributed by atoms with E-state index in [0.717, 1.165) is 16.9 Å². The maximum absolute atomic E-state index is 11.9. The molecule has 0 bridgehead atoms. The number of hydrogen-bond acceptors (Lipinski definition) is 3. The van der Waals surface area contributed by atoms with Crippen molar-refractivity contribution in [2.75, 3.05) is 26.7 Å². The summed E-state index contributed by atoms with van der Waals surface area (Å²) in [6, 6.07) is 18.1. The van der Waals surface area contributed by atoms with Crippen LogP contribution in [0.1, 0.15) is 20.8 Å². The number of carbonyl (C=O) groups is 1. The van der Waals surface area contributed by atoms with Crippen LogP contribution in [-0.2, 0) is 4.79 Å². The van der Waals surface area contributed by atoms with Gasteiger partial charge in [-0.05, 0) is 32.4 Å². The van der Waals surface area contributed by atoms with Crippen LogP contribution in [0.2, 0.25) is 0 Å². The first-order chi connectivity index (χ1) is 13.4. The third kappa shape index (κ3) is 9.17. The van der Waals surface area contributed by atoms with Crippen molar-refractivity contribution in [3.63, 3.8) is 0 Å². The molecule has 0 unspecified atom stereocenters. The Balaban J connectivity index is 0.00000420. The molecule has 2 aromatic rings. The highest BCUT2D eigenvalue weighted by Crippen LogP contribution is 2.29. The van der Waals surface area contributed by atoms with Crippen LogP contribution >= 0.6 is 24.0 Å². The molecule has 0 aliphatic carbocycles. The minimum atomic E-state index is -0.254. The van der Waals surface area contributed by atoms with Gasteiger partial charge in [0.1, 0.15) is 12.4 Å². The van der Waals surface area contributed by atoms with E-state index in [1.54, 1.807) is 7.05 Å². The molecule has 1 amide bonds. The van der Waals surface area contributed by atoms with Gasteiger partial charge in [-0.1, -0.05) is 48.5 Å². The van der Waals surface area contributed by atoms with Crippen molar-refractivity contribution in [3.8, 4) is 16.9 Å². The summed E-state index contributed by atoms with van der Waals surface area (Å²) >= 11 is 0. The number of halogens is 1. The molecule has 0 heterocycles. The van der Waals surface area contributed by atoms with Crippen LogP contribution in [0.4, 0.5) is 0 Å². The molecule has 2 rings (SSSR count). The molecule has 0 radical (unpaired) electrons. The Hall–Kier alpha value is -2.29. The van der Waals surface area contributed by atoms with E-state index in [2.05, 4.69) is 33.1 Å². The molecular weight excluding hydrogens is 479 g/mol. The Labute approximate surface area is 190 Å². The van der Waals surface area contributed by atoms with Gasteiger partial charge in [0.15, 0.2) is 5.96 Å². The van der Waals surface area contributed by atoms with E-state index >= 15 is 0 Å². The number of ether oxygens (including phenoxy) is 1. The van der Waals surface area contributed by atoms with Gasteiger partial charge < -0.3 is 20.7 Å². The van der Waals surface area contributed by atoms with Crippen molar-refractivity contribution >= 4 is 35.8 Å². The summed E-state index contributed by atoms with van der Waals surface area (Å²) in [7, 11) is 1.67. The maximum atomic E-state index is 11.9. The van der Waals surface area contributed by atoms with E-state index in [-0.39, 0.29) is 42.0 Å². The van der Waals surface area contributed by atoms with Gasteiger partial charge in [-0.15, -0.1) is 24.0 Å². The summed E-state index contributed by atoms with van der Waals surface area (Å²) in [4.78, 5) is 16.0. The summed E-state index contributed by atoms with van der Waals surface area (Å²) in [5.74, 6) is 1.32. The number of benzene rings is 2. The molecule has 2 aromatic carbocycles. The Morgan fingerprint density at radius 1 is 1.00 bits per heavy atom. The molecule has 0 aliphatic rings. The fraction of sp³-hybridized carbons (Fsp3) is 0.364. The number of guanidine groups is 1. The van der Waals surface area contributed by atoms with Gasteiger partial charge in [0.05, 0.1) is 13.1 Å². The lowest BCUT2D eigenvalue weighted by Crippen LogP contribution is -2.48. The number of aliphatic imine (C=N–C) groups is 1. The van der Waals surface area contributed by atoms with Crippen LogP contribution < -0.4 is 20.7 Å². The van der Waals surface area contributed by atoms with Crippen LogP contribution in [0.25, 0.3) is 11.1 Å². The molecule has 0 saturated heterocycles. The second kappa shape index (κ2) is 12.3. The molecule has 0 spiro atoms. The number of hydrogen-bond donors (Lipinski definition) is 3. The molecule has 0 aliphatic heterocycles. The summed E-state index contributed by atoms with van der Waals surface area (Å²) in [6.45, 7) is 7.03. The van der Waals surface area contributed by atoms with Crippen molar-refractivity contribution in [2.24, 2.45) is 4.99 Å². The molecule has 0 atom stereocenters. The van der Waals surface area contributed by atoms with Gasteiger partial charge in [0.2, 0.25) is 5.91 Å². The summed E-state index contributed by atoms with van der Waals surface area (Å²) in [5, 5.41) is 9.05. The van der Waals surface area contributed by atoms with Crippen LogP contribution in [0.15, 0.2) is 59.6 Å². The highest BCUT2D eigenvalue weighted by molar-refractivity contribution is 14.0. The lowest BCUT2D eigenvalue weighted by molar-refractivity contribution is -0.121. The SMILES string of the molecule is CN=C(NCCOc1ccccc1-c1ccccc1)NCC(=O)NC(C)(C)C.I. The predicted octanol–water partition coefficient (Wildman–Crippen LogP) is 3.43. The van der Waals surface area contributed by atoms with Gasteiger partial charge >= 0.3 is 0 Å². The monoisotopic (exact) mass is 510 g/mol. The zero-order valence-corrected chi connectivity index (χ0v) is 19.8. The number of nitrogens with zero attached hydrogens (tertiary/aromatic N) is 1. The maximum Gasteiger partial charge on any atom is 0.239 e. The molecule has 0 aromatic heterocycles. The molecule has 0 saturated carbocycles. The summed E-state index contributed by atoms with van der Waals surface area (Å²) < 4.78 is 5.95. The Morgan fingerprint density at radius 2 is 1.66 bits per heavy atom. The fourth-order valence-electron chi connectivity index (χ4n) is 2.63. The van der Waals surface area contributed by atoms with E-state index in [0.29, 0.717) is 19.1 Å². The van der Waals surface area contributed by atoms with E-state index in [1.165, 1.54) is 0 Å². The number of carbonyl (C=O) groups excluding carboxylic acids is 1. The number of nitrogens with one attached hydrogen (secondary N) is 3. The van der Waals surface area contributed by atoms with E-state index in [9.17, 15) is 4.79 Å². The van der Waals surface area contributed by atoms with Crippen LogP contribution in [0.3, 0.4) is 0 Å². The number of para-hydroxylation sites is 1. The Kier molecular flexibility index (Phi) is 10.5. The summed E-state index contributed by atoms with van der Waals surface area (Å²) in [6.07, 6.45) is 0. The third-order valence-electron chi connectivity index (χ3n) is 3.78. The normalized spacial score (nSPS) is 11.2. The minimum absolute atomic E-state index is 0. The van der Waals surface area contributed by atoms with Gasteiger partial charge in [0, 0.05) is 18.2 Å². The third-order valence-corrected chi connectivity index (χ3v) is 3.78. The van der Waals surface area contributed by atoms with E-state index in [1.807, 2.05) is 63.2 Å². The molecule has 6 nitrogen and oxygen atoms in total. The molecule has 158 valence electrons. The quantitative estimate of drug-likeness (QED) is 0.231. The highest BCUT2D eigenvalue weighted by atomic mass is 127. The molecule has 29 heavy (non-hydrogen) atoms. The van der Waals surface area contributed by atoms with Crippen molar-refractivity contribution in [3.05, 3.63) is 54.6 Å². The van der Waals surface area contributed by atoms with Crippen molar-refractivity contribution in [1.82, 2.24) is 16.0 Å². The first-order valence-electron chi connectivity index (χ1n) is 9.42. The highest BCUT2D eigenvalue weighted by Gasteiger charge is 2.13. The van der Waals surface area contributed by atoms with Gasteiger partial charge in [-0.25, -0.2) is 0 Å². The predicted molar refractivity (Wildman–Crippen MR) is 130 cm³/mol. The summed E-state index contributed by atoms with van der Waals surface area (Å²) in [5.41, 5.74) is 1.92. The number of rotatable bonds is 7. The Morgan fingerprint density at radius 3 is 2.31 bits per heavy atom. The second-order valence-electron chi connectivity index (χ2n) is 7.36. The van der Waals surface area contributed by atoms with Crippen molar-refractivity contribution in [2.45, 2.75) is 26.3 Å². The van der Waals surface area contributed by atoms with Gasteiger partial charge in [0.25, 0.3) is 0 Å². The fourth-order valence-corrected chi connectivity index (χ4v) is 2.63. The topological polar surface area (TPSA) is 74.8 Å². The lowest BCUT2D eigenvalue weighted by Gasteiger charge is -2.21. The van der Waals surface area contributed by atoms with Gasteiger partial charge in [-0.2, -0.15) is 0 Å². The second-order valence-corrected chi connectivity index (χ2v) is 7.36. The molecular formula is C22H31IN4O2. The Bertz CT molecular complexity index is 789. The number of amides is 1. The first kappa shape index (κ1) is 24.7. The van der Waals surface area contributed by atoms with E-state index < -0.39 is 0 Å². The smallest absolute Gasteiger partial charge is 0.239 e. The molecule has 0 fully saturated rings. The molecule has 7 heteroatoms. The largest absolute Gasteiger partial charge is 0.491 e. The standard InChI is InChI=1S/C22H30N4O2.HI/c1-22(2,3)26-20(27)16-25-21(23-4)24-14-15-28-19-13-9-8-12-18(19)17-10-6-5-7-11-17;/h5-13H,14-16H2,1-4H3,(H,26,27)(H2,23,24,25);1H. The average molecular weight is 510 g/mol. The van der Waals surface area contributed by atoms with Crippen LogP contribution in [-0.4, -0.2) is 44.1 Å². The van der Waals surface area contributed by atoms with Crippen LogP contribution in [0, 0.1) is 0 Å².